The molecule has 2 heterocycles. The number of carbonyl (C=O) groups is 2. The Hall–Kier alpha value is -3.55. The van der Waals surface area contributed by atoms with Crippen LogP contribution in [0.4, 0.5) is 4.39 Å². The van der Waals surface area contributed by atoms with Gasteiger partial charge in [-0.05, 0) is 42.7 Å². The second-order valence-corrected chi connectivity index (χ2v) is 7.54. The Labute approximate surface area is 179 Å². The summed E-state index contributed by atoms with van der Waals surface area (Å²) >= 11 is 0. The zero-order valence-electron chi connectivity index (χ0n) is 17.0. The summed E-state index contributed by atoms with van der Waals surface area (Å²) in [6.07, 6.45) is 1.36. The van der Waals surface area contributed by atoms with E-state index in [1.54, 1.807) is 11.0 Å². The largest absolute Gasteiger partial charge is 0.419 e. The van der Waals surface area contributed by atoms with E-state index >= 15 is 0 Å². The van der Waals surface area contributed by atoms with E-state index in [9.17, 15) is 14.0 Å². The Bertz CT molecular complexity index is 1050. The highest BCUT2D eigenvalue weighted by atomic mass is 19.1. The molecule has 8 heteroatoms. The number of benzene rings is 2. The number of hydrogen-bond acceptors (Lipinski definition) is 5. The average Bonchev–Trinajstić information content (AvgIpc) is 3.27. The minimum absolute atomic E-state index is 0.0184. The number of nitrogens with zero attached hydrogens (tertiary/aromatic N) is 3. The van der Waals surface area contributed by atoms with E-state index in [-0.39, 0.29) is 30.1 Å². The van der Waals surface area contributed by atoms with Crippen molar-refractivity contribution in [1.82, 2.24) is 20.4 Å². The molecule has 1 N–H and O–H groups in total. The van der Waals surface area contributed by atoms with Gasteiger partial charge in [-0.25, -0.2) is 4.39 Å². The lowest BCUT2D eigenvalue weighted by atomic mass is 9.96. The van der Waals surface area contributed by atoms with Gasteiger partial charge in [0.15, 0.2) is 0 Å². The first-order valence-corrected chi connectivity index (χ1v) is 10.3. The fraction of sp³-hybridized carbons (Fsp3) is 0.304. The van der Waals surface area contributed by atoms with Gasteiger partial charge in [-0.3, -0.25) is 9.59 Å². The standard InChI is InChI=1S/C23H23FN4O3/c24-19-8-4-5-16(13-19)11-12-28-15-18(9-10-21(28)29)22(30)25-14-20-26-27-23(31-20)17-6-2-1-3-7-17/h1-8,13,18H,9-12,14-15H2,(H,25,30)/t18-/m1/s1. The van der Waals surface area contributed by atoms with E-state index in [1.807, 2.05) is 36.4 Å². The molecule has 0 radical (unpaired) electrons. The van der Waals surface area contributed by atoms with Crippen LogP contribution in [0.3, 0.4) is 0 Å². The third-order valence-corrected chi connectivity index (χ3v) is 5.33. The van der Waals surface area contributed by atoms with E-state index in [0.717, 1.165) is 11.1 Å². The van der Waals surface area contributed by atoms with Crippen LogP contribution in [0, 0.1) is 11.7 Å². The molecule has 31 heavy (non-hydrogen) atoms. The Morgan fingerprint density at radius 1 is 1.16 bits per heavy atom. The van der Waals surface area contributed by atoms with Crippen LogP contribution < -0.4 is 5.32 Å². The number of piperidine rings is 1. The minimum Gasteiger partial charge on any atom is -0.419 e. The molecule has 0 saturated carbocycles. The molecule has 7 nitrogen and oxygen atoms in total. The zero-order valence-corrected chi connectivity index (χ0v) is 17.0. The van der Waals surface area contributed by atoms with Gasteiger partial charge in [-0.15, -0.1) is 10.2 Å². The van der Waals surface area contributed by atoms with Gasteiger partial charge in [0.25, 0.3) is 0 Å². The van der Waals surface area contributed by atoms with Gasteiger partial charge in [0.2, 0.25) is 23.6 Å². The Kier molecular flexibility index (Phi) is 6.35. The first kappa shape index (κ1) is 20.7. The van der Waals surface area contributed by atoms with Crippen molar-refractivity contribution in [2.45, 2.75) is 25.8 Å². The summed E-state index contributed by atoms with van der Waals surface area (Å²) in [5.74, 6) is -0.0100. The summed E-state index contributed by atoms with van der Waals surface area (Å²) < 4.78 is 19.0. The van der Waals surface area contributed by atoms with Crippen LogP contribution in [-0.4, -0.2) is 40.0 Å². The first-order chi connectivity index (χ1) is 15.1. The maximum Gasteiger partial charge on any atom is 0.247 e. The van der Waals surface area contributed by atoms with Crippen LogP contribution in [-0.2, 0) is 22.6 Å². The third kappa shape index (κ3) is 5.33. The molecule has 1 atom stereocenters. The molecule has 1 fully saturated rings. The lowest BCUT2D eigenvalue weighted by Gasteiger charge is -2.32. The van der Waals surface area contributed by atoms with Crippen molar-refractivity contribution in [3.8, 4) is 11.5 Å². The molecule has 160 valence electrons. The van der Waals surface area contributed by atoms with Gasteiger partial charge in [-0.2, -0.15) is 0 Å². The van der Waals surface area contributed by atoms with Gasteiger partial charge in [0.1, 0.15) is 5.82 Å². The predicted octanol–water partition coefficient (Wildman–Crippen LogP) is 2.97. The molecule has 0 spiro atoms. The highest BCUT2D eigenvalue weighted by Gasteiger charge is 2.30. The average molecular weight is 422 g/mol. The van der Waals surface area contributed by atoms with Crippen LogP contribution in [0.1, 0.15) is 24.3 Å². The molecule has 2 aromatic carbocycles. The number of rotatable bonds is 7. The molecule has 1 aliphatic heterocycles. The smallest absolute Gasteiger partial charge is 0.247 e. The summed E-state index contributed by atoms with van der Waals surface area (Å²) in [6.45, 7) is 0.932. The summed E-state index contributed by atoms with van der Waals surface area (Å²) in [7, 11) is 0. The van der Waals surface area contributed by atoms with Crippen molar-refractivity contribution in [2.75, 3.05) is 13.1 Å². The Balaban J connectivity index is 1.29. The predicted molar refractivity (Wildman–Crippen MR) is 111 cm³/mol. The van der Waals surface area contributed by atoms with E-state index in [0.29, 0.717) is 44.1 Å². The summed E-state index contributed by atoms with van der Waals surface area (Å²) in [5.41, 5.74) is 1.64. The number of hydrogen-bond donors (Lipinski definition) is 1. The molecular formula is C23H23FN4O3. The van der Waals surface area contributed by atoms with Crippen molar-refractivity contribution in [2.24, 2.45) is 5.92 Å². The van der Waals surface area contributed by atoms with Crippen LogP contribution in [0.15, 0.2) is 59.0 Å². The van der Waals surface area contributed by atoms with Crippen molar-refractivity contribution in [3.05, 3.63) is 71.9 Å². The van der Waals surface area contributed by atoms with Gasteiger partial charge in [-0.1, -0.05) is 30.3 Å². The Morgan fingerprint density at radius 2 is 2.00 bits per heavy atom. The number of halogens is 1. The lowest BCUT2D eigenvalue weighted by Crippen LogP contribution is -2.46. The minimum atomic E-state index is -0.304. The summed E-state index contributed by atoms with van der Waals surface area (Å²) in [6, 6.07) is 15.7. The van der Waals surface area contributed by atoms with E-state index in [2.05, 4.69) is 15.5 Å². The summed E-state index contributed by atoms with van der Waals surface area (Å²) in [5, 5.41) is 10.8. The Morgan fingerprint density at radius 3 is 2.81 bits per heavy atom. The monoisotopic (exact) mass is 422 g/mol. The normalized spacial score (nSPS) is 16.4. The highest BCUT2D eigenvalue weighted by molar-refractivity contribution is 5.83. The van der Waals surface area contributed by atoms with Gasteiger partial charge in [0, 0.05) is 25.1 Å². The van der Waals surface area contributed by atoms with Gasteiger partial charge < -0.3 is 14.6 Å². The molecule has 1 saturated heterocycles. The van der Waals surface area contributed by atoms with E-state index in [1.165, 1.54) is 12.1 Å². The molecule has 2 amide bonds. The van der Waals surface area contributed by atoms with Gasteiger partial charge >= 0.3 is 0 Å². The molecule has 0 bridgehead atoms. The third-order valence-electron chi connectivity index (χ3n) is 5.33. The second kappa shape index (κ2) is 9.51. The topological polar surface area (TPSA) is 88.3 Å². The summed E-state index contributed by atoms with van der Waals surface area (Å²) in [4.78, 5) is 26.6. The molecule has 0 unspecified atom stereocenters. The van der Waals surface area contributed by atoms with Crippen molar-refractivity contribution < 1.29 is 18.4 Å². The maximum absolute atomic E-state index is 13.3. The fourth-order valence-electron chi connectivity index (χ4n) is 3.63. The number of nitrogens with one attached hydrogen (secondary N) is 1. The van der Waals surface area contributed by atoms with Crippen molar-refractivity contribution in [1.29, 1.82) is 0 Å². The number of likely N-dealkylation sites (tertiary alicyclic amines) is 1. The SMILES string of the molecule is O=C(NCc1nnc(-c2ccccc2)o1)[C@@H]1CCC(=O)N(CCc2cccc(F)c2)C1. The second-order valence-electron chi connectivity index (χ2n) is 7.54. The lowest BCUT2D eigenvalue weighted by molar-refractivity contribution is -0.138. The highest BCUT2D eigenvalue weighted by Crippen LogP contribution is 2.20. The van der Waals surface area contributed by atoms with Crippen molar-refractivity contribution >= 4 is 11.8 Å². The van der Waals surface area contributed by atoms with Crippen LogP contribution in [0.5, 0.6) is 0 Å². The van der Waals surface area contributed by atoms with Crippen molar-refractivity contribution in [3.63, 3.8) is 0 Å². The molecule has 3 aromatic rings. The van der Waals surface area contributed by atoms with Crippen LogP contribution in [0.25, 0.3) is 11.5 Å². The molecule has 1 aliphatic rings. The van der Waals surface area contributed by atoms with Crippen LogP contribution in [0.2, 0.25) is 0 Å². The van der Waals surface area contributed by atoms with E-state index in [4.69, 9.17) is 4.42 Å². The first-order valence-electron chi connectivity index (χ1n) is 10.3. The zero-order chi connectivity index (χ0) is 21.6. The van der Waals surface area contributed by atoms with E-state index < -0.39 is 0 Å². The van der Waals surface area contributed by atoms with Crippen LogP contribution >= 0.6 is 0 Å². The quantitative estimate of drug-likeness (QED) is 0.632. The molecule has 4 rings (SSSR count). The maximum atomic E-state index is 13.3. The molecule has 0 aliphatic carbocycles. The number of amides is 2. The van der Waals surface area contributed by atoms with Gasteiger partial charge in [0.05, 0.1) is 12.5 Å². The molecule has 1 aromatic heterocycles. The molecular weight excluding hydrogens is 399 g/mol. The fourth-order valence-corrected chi connectivity index (χ4v) is 3.63. The number of carbonyl (C=O) groups excluding carboxylic acids is 2. The number of aromatic nitrogens is 2.